The molecule has 3 aliphatic rings. The molecule has 176 valence electrons. The summed E-state index contributed by atoms with van der Waals surface area (Å²) in [5.74, 6) is 1.22. The van der Waals surface area contributed by atoms with Gasteiger partial charge in [0.1, 0.15) is 11.9 Å². The molecule has 4 rings (SSSR count). The Morgan fingerprint density at radius 2 is 1.78 bits per heavy atom. The molecule has 1 aromatic rings. The van der Waals surface area contributed by atoms with Crippen molar-refractivity contribution in [3.63, 3.8) is 0 Å². The molecule has 1 N–H and O–H groups in total. The zero-order valence-electron chi connectivity index (χ0n) is 19.0. The van der Waals surface area contributed by atoms with Crippen LogP contribution < -0.4 is 10.1 Å². The van der Waals surface area contributed by atoms with E-state index in [0.717, 1.165) is 70.5 Å². The summed E-state index contributed by atoms with van der Waals surface area (Å²) in [7, 11) is 2.13. The topological polar surface area (TPSA) is 65.1 Å². The third-order valence-electron chi connectivity index (χ3n) is 6.92. The summed E-state index contributed by atoms with van der Waals surface area (Å²) >= 11 is 6.29. The third-order valence-corrected chi connectivity index (χ3v) is 7.16. The van der Waals surface area contributed by atoms with Crippen molar-refractivity contribution in [1.82, 2.24) is 20.0 Å². The van der Waals surface area contributed by atoms with E-state index in [-0.39, 0.29) is 24.6 Å². The van der Waals surface area contributed by atoms with E-state index in [2.05, 4.69) is 23.3 Å². The molecule has 8 heteroatoms. The lowest BCUT2D eigenvalue weighted by Gasteiger charge is -2.34. The number of carbonyl (C=O) groups is 2. The average molecular weight is 463 g/mol. The Bertz CT molecular complexity index is 806. The zero-order valence-corrected chi connectivity index (χ0v) is 19.8. The van der Waals surface area contributed by atoms with E-state index in [1.165, 1.54) is 5.56 Å². The van der Waals surface area contributed by atoms with Crippen LogP contribution in [0.3, 0.4) is 0 Å². The van der Waals surface area contributed by atoms with Gasteiger partial charge in [-0.05, 0) is 75.7 Å². The van der Waals surface area contributed by atoms with Crippen LogP contribution >= 0.6 is 11.6 Å². The van der Waals surface area contributed by atoms with Crippen molar-refractivity contribution in [3.8, 4) is 5.75 Å². The molecule has 1 atom stereocenters. The van der Waals surface area contributed by atoms with Gasteiger partial charge in [0.05, 0.1) is 6.54 Å². The Kier molecular flexibility index (Phi) is 7.79. The van der Waals surface area contributed by atoms with Gasteiger partial charge in [0, 0.05) is 37.7 Å². The molecule has 0 aromatic heterocycles. The third kappa shape index (κ3) is 5.87. The number of urea groups is 1. The number of amides is 3. The number of carbonyl (C=O) groups excluding carboxylic acids is 2. The van der Waals surface area contributed by atoms with E-state index in [9.17, 15) is 9.59 Å². The fraction of sp³-hybridized carbons (Fsp3) is 0.667. The number of nitrogens with zero attached hydrogens (tertiary/aromatic N) is 3. The molecule has 0 spiro atoms. The highest BCUT2D eigenvalue weighted by molar-refractivity contribution is 6.30. The van der Waals surface area contributed by atoms with E-state index in [0.29, 0.717) is 24.0 Å². The second kappa shape index (κ2) is 10.8. The molecule has 3 saturated heterocycles. The Balaban J connectivity index is 1.30. The van der Waals surface area contributed by atoms with Crippen molar-refractivity contribution in [2.24, 2.45) is 0 Å². The number of rotatable bonds is 5. The van der Waals surface area contributed by atoms with Gasteiger partial charge in [0.25, 0.3) is 0 Å². The molecule has 3 heterocycles. The Morgan fingerprint density at radius 1 is 1.03 bits per heavy atom. The van der Waals surface area contributed by atoms with Crippen LogP contribution in [0.5, 0.6) is 5.75 Å². The molecular formula is C24H35ClN4O3. The summed E-state index contributed by atoms with van der Waals surface area (Å²) < 4.78 is 6.42. The van der Waals surface area contributed by atoms with Gasteiger partial charge in [-0.25, -0.2) is 4.79 Å². The SMILES string of the molecule is CN1CCCC(Oc2cc(Cl)ccc2C2CCN(C(=O)CNC(=O)N3CCCC3)CC2)C1. The maximum absolute atomic E-state index is 12.6. The Hall–Kier alpha value is -1.99. The summed E-state index contributed by atoms with van der Waals surface area (Å²) in [6.45, 7) is 5.08. The van der Waals surface area contributed by atoms with Gasteiger partial charge < -0.3 is 24.8 Å². The molecule has 0 aliphatic carbocycles. The standard InChI is InChI=1S/C24H35ClN4O3/c1-27-10-4-5-20(17-27)32-22-15-19(25)6-7-21(22)18-8-13-28(14-9-18)23(30)16-26-24(31)29-11-2-3-12-29/h6-7,15,18,20H,2-5,8-14,16-17H2,1H3,(H,26,31). The fourth-order valence-corrected chi connectivity index (χ4v) is 5.24. The van der Waals surface area contributed by atoms with Crippen LogP contribution in [-0.4, -0.2) is 85.6 Å². The van der Waals surface area contributed by atoms with Crippen molar-refractivity contribution in [3.05, 3.63) is 28.8 Å². The van der Waals surface area contributed by atoms with Crippen LogP contribution in [0.1, 0.15) is 50.0 Å². The first-order valence-electron chi connectivity index (χ1n) is 11.9. The van der Waals surface area contributed by atoms with Crippen molar-refractivity contribution in [2.45, 2.75) is 50.5 Å². The van der Waals surface area contributed by atoms with Crippen LogP contribution in [-0.2, 0) is 4.79 Å². The van der Waals surface area contributed by atoms with Crippen LogP contribution in [0.25, 0.3) is 0 Å². The molecule has 3 amide bonds. The van der Waals surface area contributed by atoms with Gasteiger partial charge in [-0.1, -0.05) is 17.7 Å². The molecule has 1 aromatic carbocycles. The molecular weight excluding hydrogens is 428 g/mol. The van der Waals surface area contributed by atoms with E-state index in [1.807, 2.05) is 17.0 Å². The highest BCUT2D eigenvalue weighted by Gasteiger charge is 2.28. The maximum atomic E-state index is 12.6. The maximum Gasteiger partial charge on any atom is 0.317 e. The van der Waals surface area contributed by atoms with Crippen LogP contribution in [0, 0.1) is 0 Å². The van der Waals surface area contributed by atoms with E-state index >= 15 is 0 Å². The number of benzene rings is 1. The highest BCUT2D eigenvalue weighted by atomic mass is 35.5. The number of nitrogens with one attached hydrogen (secondary N) is 1. The number of ether oxygens (including phenoxy) is 1. The molecule has 1 unspecified atom stereocenters. The molecule has 0 radical (unpaired) electrons. The predicted octanol–water partition coefficient (Wildman–Crippen LogP) is 3.32. The highest BCUT2D eigenvalue weighted by Crippen LogP contribution is 2.37. The second-order valence-corrected chi connectivity index (χ2v) is 9.77. The lowest BCUT2D eigenvalue weighted by molar-refractivity contribution is -0.131. The zero-order chi connectivity index (χ0) is 22.5. The normalized spacial score (nSPS) is 22.8. The first-order valence-corrected chi connectivity index (χ1v) is 12.3. The first kappa shape index (κ1) is 23.2. The van der Waals surface area contributed by atoms with Crippen molar-refractivity contribution < 1.29 is 14.3 Å². The van der Waals surface area contributed by atoms with Crippen LogP contribution in [0.15, 0.2) is 18.2 Å². The second-order valence-electron chi connectivity index (χ2n) is 9.33. The minimum atomic E-state index is -0.123. The summed E-state index contributed by atoms with van der Waals surface area (Å²) in [4.78, 5) is 30.7. The number of piperidine rings is 2. The fourth-order valence-electron chi connectivity index (χ4n) is 5.08. The van der Waals surface area contributed by atoms with Gasteiger partial charge in [-0.15, -0.1) is 0 Å². The largest absolute Gasteiger partial charge is 0.489 e. The molecule has 0 saturated carbocycles. The quantitative estimate of drug-likeness (QED) is 0.729. The number of halogens is 1. The summed E-state index contributed by atoms with van der Waals surface area (Å²) in [6, 6.07) is 5.84. The van der Waals surface area contributed by atoms with Crippen molar-refractivity contribution in [1.29, 1.82) is 0 Å². The Labute approximate surface area is 196 Å². The number of hydrogen-bond donors (Lipinski definition) is 1. The van der Waals surface area contributed by atoms with Gasteiger partial charge in [-0.3, -0.25) is 4.79 Å². The number of likely N-dealkylation sites (N-methyl/N-ethyl adjacent to an activating group) is 1. The van der Waals surface area contributed by atoms with Gasteiger partial charge in [-0.2, -0.15) is 0 Å². The molecule has 3 aliphatic heterocycles. The number of likely N-dealkylation sites (tertiary alicyclic amines) is 3. The predicted molar refractivity (Wildman–Crippen MR) is 125 cm³/mol. The summed E-state index contributed by atoms with van der Waals surface area (Å²) in [6.07, 6.45) is 6.25. The van der Waals surface area contributed by atoms with Crippen LogP contribution in [0.4, 0.5) is 4.79 Å². The van der Waals surface area contributed by atoms with Gasteiger partial charge in [0.2, 0.25) is 5.91 Å². The summed E-state index contributed by atoms with van der Waals surface area (Å²) in [5, 5.41) is 3.48. The molecule has 3 fully saturated rings. The molecule has 0 bridgehead atoms. The minimum Gasteiger partial charge on any atom is -0.489 e. The summed E-state index contributed by atoms with van der Waals surface area (Å²) in [5.41, 5.74) is 1.19. The van der Waals surface area contributed by atoms with Gasteiger partial charge >= 0.3 is 6.03 Å². The van der Waals surface area contributed by atoms with Crippen molar-refractivity contribution >= 4 is 23.5 Å². The minimum absolute atomic E-state index is 0.00572. The lowest BCUT2D eigenvalue weighted by atomic mass is 9.88. The lowest BCUT2D eigenvalue weighted by Crippen LogP contribution is -2.46. The van der Waals surface area contributed by atoms with Crippen molar-refractivity contribution in [2.75, 3.05) is 52.9 Å². The molecule has 32 heavy (non-hydrogen) atoms. The average Bonchev–Trinajstić information content (AvgIpc) is 3.33. The Morgan fingerprint density at radius 3 is 2.50 bits per heavy atom. The first-order chi connectivity index (χ1) is 15.5. The monoisotopic (exact) mass is 462 g/mol. The molecule has 7 nitrogen and oxygen atoms in total. The van der Waals surface area contributed by atoms with E-state index < -0.39 is 0 Å². The van der Waals surface area contributed by atoms with E-state index in [4.69, 9.17) is 16.3 Å². The van der Waals surface area contributed by atoms with E-state index in [1.54, 1.807) is 4.90 Å². The smallest absolute Gasteiger partial charge is 0.317 e. The number of hydrogen-bond acceptors (Lipinski definition) is 4. The van der Waals surface area contributed by atoms with Crippen LogP contribution in [0.2, 0.25) is 5.02 Å². The van der Waals surface area contributed by atoms with Gasteiger partial charge in [0.15, 0.2) is 0 Å².